The van der Waals surface area contributed by atoms with E-state index < -0.39 is 15.9 Å². The summed E-state index contributed by atoms with van der Waals surface area (Å²) in [5, 5.41) is 3.48. The van der Waals surface area contributed by atoms with Crippen molar-refractivity contribution >= 4 is 49.1 Å². The summed E-state index contributed by atoms with van der Waals surface area (Å²) in [5.74, 6) is -0.539. The summed E-state index contributed by atoms with van der Waals surface area (Å²) in [6.07, 6.45) is 1.30. The number of halogens is 2. The Morgan fingerprint density at radius 2 is 1.79 bits per heavy atom. The molecule has 0 spiro atoms. The van der Waals surface area contributed by atoms with E-state index in [-0.39, 0.29) is 17.3 Å². The highest BCUT2D eigenvalue weighted by molar-refractivity contribution is 9.10. The Kier molecular flexibility index (Phi) is 6.49. The highest BCUT2D eigenvalue weighted by Gasteiger charge is 2.33. The average Bonchev–Trinajstić information content (AvgIpc) is 2.65. The van der Waals surface area contributed by atoms with Gasteiger partial charge < -0.3 is 5.32 Å². The van der Waals surface area contributed by atoms with Crippen molar-refractivity contribution < 1.29 is 13.2 Å². The van der Waals surface area contributed by atoms with Crippen molar-refractivity contribution in [1.29, 1.82) is 0 Å². The molecular formula is C20H22BrClN2O3S. The van der Waals surface area contributed by atoms with Gasteiger partial charge in [-0.15, -0.1) is 0 Å². The molecule has 0 saturated carbocycles. The Bertz CT molecular complexity index is 970. The zero-order valence-corrected chi connectivity index (χ0v) is 18.9. The van der Waals surface area contributed by atoms with Gasteiger partial charge in [0, 0.05) is 28.3 Å². The molecule has 0 bridgehead atoms. The molecule has 28 heavy (non-hydrogen) atoms. The van der Waals surface area contributed by atoms with Crippen LogP contribution in [0.2, 0.25) is 5.02 Å². The third kappa shape index (κ3) is 4.59. The van der Waals surface area contributed by atoms with Gasteiger partial charge in [0.25, 0.3) is 0 Å². The van der Waals surface area contributed by atoms with Crippen LogP contribution in [0.3, 0.4) is 0 Å². The monoisotopic (exact) mass is 484 g/mol. The highest BCUT2D eigenvalue weighted by atomic mass is 79.9. The van der Waals surface area contributed by atoms with Gasteiger partial charge in [-0.25, -0.2) is 8.42 Å². The number of carbonyl (C=O) groups is 1. The van der Waals surface area contributed by atoms with Gasteiger partial charge in [-0.3, -0.25) is 4.79 Å². The maximum atomic E-state index is 12.9. The van der Waals surface area contributed by atoms with Crippen LogP contribution in [-0.2, 0) is 14.8 Å². The van der Waals surface area contributed by atoms with Crippen LogP contribution in [0.1, 0.15) is 24.0 Å². The van der Waals surface area contributed by atoms with Gasteiger partial charge in [0.2, 0.25) is 15.9 Å². The smallest absolute Gasteiger partial charge is 0.243 e. The summed E-state index contributed by atoms with van der Waals surface area (Å²) >= 11 is 9.31. The minimum absolute atomic E-state index is 0.149. The topological polar surface area (TPSA) is 66.5 Å². The molecule has 2 aromatic carbocycles. The van der Waals surface area contributed by atoms with Crippen LogP contribution in [0.4, 0.5) is 5.69 Å². The van der Waals surface area contributed by atoms with Crippen LogP contribution < -0.4 is 5.32 Å². The van der Waals surface area contributed by atoms with E-state index >= 15 is 0 Å². The molecular weight excluding hydrogens is 464 g/mol. The lowest BCUT2D eigenvalue weighted by atomic mass is 9.98. The van der Waals surface area contributed by atoms with Gasteiger partial charge in [-0.1, -0.05) is 27.5 Å². The molecule has 1 N–H and O–H groups in total. The zero-order valence-electron chi connectivity index (χ0n) is 15.7. The summed E-state index contributed by atoms with van der Waals surface area (Å²) in [6.45, 7) is 4.45. The summed E-state index contributed by atoms with van der Waals surface area (Å²) in [5.41, 5.74) is 2.70. The maximum absolute atomic E-state index is 12.9. The van der Waals surface area contributed by atoms with Crippen molar-refractivity contribution in [2.45, 2.75) is 31.6 Å². The van der Waals surface area contributed by atoms with Gasteiger partial charge in [0.05, 0.1) is 10.8 Å². The number of amides is 1. The number of piperidine rings is 1. The van der Waals surface area contributed by atoms with Gasteiger partial charge in [-0.2, -0.15) is 4.31 Å². The normalized spacial score (nSPS) is 18.1. The van der Waals surface area contributed by atoms with Crippen molar-refractivity contribution in [2.75, 3.05) is 18.4 Å². The van der Waals surface area contributed by atoms with E-state index in [0.717, 1.165) is 21.3 Å². The second-order valence-electron chi connectivity index (χ2n) is 7.06. The number of rotatable bonds is 4. The third-order valence-corrected chi connectivity index (χ3v) is 7.54. The Labute approximate surface area is 179 Å². The summed E-state index contributed by atoms with van der Waals surface area (Å²) < 4.78 is 28.2. The number of carbonyl (C=O) groups excluding carboxylic acids is 1. The molecule has 1 unspecified atom stereocenters. The van der Waals surface area contributed by atoms with Crippen LogP contribution in [0, 0.1) is 19.8 Å². The lowest BCUT2D eigenvalue weighted by molar-refractivity contribution is -0.120. The molecule has 0 aliphatic carbocycles. The maximum Gasteiger partial charge on any atom is 0.243 e. The SMILES string of the molecule is Cc1cc(Br)cc(C)c1NC(=O)C1CCCN(S(=O)(=O)c2ccc(Cl)cc2)C1. The molecule has 1 saturated heterocycles. The molecule has 1 aliphatic heterocycles. The summed E-state index contributed by atoms with van der Waals surface area (Å²) in [4.78, 5) is 13.0. The van der Waals surface area contributed by atoms with Gasteiger partial charge in [-0.05, 0) is 74.2 Å². The molecule has 2 aromatic rings. The number of hydrogen-bond acceptors (Lipinski definition) is 3. The van der Waals surface area contributed by atoms with E-state index in [9.17, 15) is 13.2 Å². The predicted octanol–water partition coefficient (Wildman–Crippen LogP) is 4.76. The molecule has 3 rings (SSSR count). The fraction of sp³-hybridized carbons (Fsp3) is 0.350. The number of aryl methyl sites for hydroxylation is 2. The first kappa shape index (κ1) is 21.3. The molecule has 5 nitrogen and oxygen atoms in total. The predicted molar refractivity (Wildman–Crippen MR) is 115 cm³/mol. The van der Waals surface area contributed by atoms with Crippen molar-refractivity contribution in [2.24, 2.45) is 5.92 Å². The summed E-state index contributed by atoms with van der Waals surface area (Å²) in [6, 6.07) is 10.00. The highest BCUT2D eigenvalue weighted by Crippen LogP contribution is 2.28. The first-order valence-electron chi connectivity index (χ1n) is 9.02. The first-order chi connectivity index (χ1) is 13.2. The van der Waals surface area contributed by atoms with E-state index in [1.54, 1.807) is 12.1 Å². The van der Waals surface area contributed by atoms with Crippen LogP contribution in [0.5, 0.6) is 0 Å². The van der Waals surface area contributed by atoms with E-state index in [2.05, 4.69) is 21.2 Å². The van der Waals surface area contributed by atoms with Crippen molar-refractivity contribution in [3.05, 3.63) is 57.0 Å². The molecule has 1 aliphatic rings. The van der Waals surface area contributed by atoms with Gasteiger partial charge in [0.15, 0.2) is 0 Å². The Morgan fingerprint density at radius 3 is 2.39 bits per heavy atom. The van der Waals surface area contributed by atoms with E-state index in [0.29, 0.717) is 24.4 Å². The first-order valence-corrected chi connectivity index (χ1v) is 11.6. The van der Waals surface area contributed by atoms with Crippen LogP contribution in [0.25, 0.3) is 0 Å². The van der Waals surface area contributed by atoms with Gasteiger partial charge in [0.1, 0.15) is 0 Å². The largest absolute Gasteiger partial charge is 0.325 e. The number of nitrogens with zero attached hydrogens (tertiary/aromatic N) is 1. The Morgan fingerprint density at radius 1 is 1.18 bits per heavy atom. The molecule has 1 amide bonds. The Balaban J connectivity index is 1.76. The number of sulfonamides is 1. The van der Waals surface area contributed by atoms with Crippen LogP contribution >= 0.6 is 27.5 Å². The minimum Gasteiger partial charge on any atom is -0.325 e. The zero-order chi connectivity index (χ0) is 20.5. The quantitative estimate of drug-likeness (QED) is 0.679. The Hall–Kier alpha value is -1.41. The standard InChI is InChI=1S/C20H22BrClN2O3S/c1-13-10-16(21)11-14(2)19(13)23-20(25)15-4-3-9-24(12-15)28(26,27)18-7-5-17(22)6-8-18/h5-8,10-11,15H,3-4,9,12H2,1-2H3,(H,23,25). The van der Waals surface area contributed by atoms with E-state index in [4.69, 9.17) is 11.6 Å². The molecule has 0 radical (unpaired) electrons. The van der Waals surface area contributed by atoms with Crippen molar-refractivity contribution in [3.8, 4) is 0 Å². The van der Waals surface area contributed by atoms with E-state index in [1.165, 1.54) is 16.4 Å². The number of benzene rings is 2. The number of nitrogens with one attached hydrogen (secondary N) is 1. The molecule has 1 fully saturated rings. The lowest BCUT2D eigenvalue weighted by Gasteiger charge is -2.31. The average molecular weight is 486 g/mol. The van der Waals surface area contributed by atoms with Crippen LogP contribution in [-0.4, -0.2) is 31.7 Å². The van der Waals surface area contributed by atoms with Crippen molar-refractivity contribution in [3.63, 3.8) is 0 Å². The van der Waals surface area contributed by atoms with Crippen LogP contribution in [0.15, 0.2) is 45.8 Å². The minimum atomic E-state index is -3.65. The fourth-order valence-corrected chi connectivity index (χ4v) is 5.80. The van der Waals surface area contributed by atoms with Crippen molar-refractivity contribution in [1.82, 2.24) is 4.31 Å². The fourth-order valence-electron chi connectivity index (χ4n) is 3.46. The number of anilines is 1. The second-order valence-corrected chi connectivity index (χ2v) is 10.4. The third-order valence-electron chi connectivity index (χ3n) is 4.95. The van der Waals surface area contributed by atoms with E-state index in [1.807, 2.05) is 26.0 Å². The lowest BCUT2D eigenvalue weighted by Crippen LogP contribution is -2.43. The van der Waals surface area contributed by atoms with Gasteiger partial charge >= 0.3 is 0 Å². The molecule has 1 heterocycles. The molecule has 0 aromatic heterocycles. The molecule has 150 valence electrons. The molecule has 1 atom stereocenters. The molecule has 8 heteroatoms. The summed E-state index contributed by atoms with van der Waals surface area (Å²) in [7, 11) is -3.65. The second kappa shape index (κ2) is 8.53. The number of hydrogen-bond donors (Lipinski definition) is 1.